The van der Waals surface area contributed by atoms with Crippen molar-refractivity contribution in [1.29, 1.82) is 0 Å². The van der Waals surface area contributed by atoms with Crippen molar-refractivity contribution in [1.82, 2.24) is 5.32 Å². The van der Waals surface area contributed by atoms with Crippen LogP contribution in [-0.2, 0) is 10.2 Å². The Morgan fingerprint density at radius 1 is 1.08 bits per heavy atom. The number of rotatable bonds is 8. The highest BCUT2D eigenvalue weighted by Crippen LogP contribution is 2.29. The molecule has 2 aromatic carbocycles. The van der Waals surface area contributed by atoms with Crippen LogP contribution in [0.15, 0.2) is 48.5 Å². The van der Waals surface area contributed by atoms with Crippen molar-refractivity contribution < 1.29 is 24.2 Å². The molecule has 0 saturated carbocycles. The molecule has 0 saturated heterocycles. The molecule has 0 radical (unpaired) electrons. The topological polar surface area (TPSA) is 84.9 Å². The molecule has 0 aliphatic rings. The summed E-state index contributed by atoms with van der Waals surface area (Å²) >= 11 is 0. The maximum absolute atomic E-state index is 12.7. The highest BCUT2D eigenvalue weighted by atomic mass is 16.5. The summed E-state index contributed by atoms with van der Waals surface area (Å²) in [7, 11) is 2.97. The van der Waals surface area contributed by atoms with Crippen LogP contribution in [0.5, 0.6) is 11.5 Å². The van der Waals surface area contributed by atoms with Gasteiger partial charge in [0, 0.05) is 6.54 Å². The molecule has 1 amide bonds. The monoisotopic (exact) mass is 357 g/mol. The molecule has 0 bridgehead atoms. The summed E-state index contributed by atoms with van der Waals surface area (Å²) in [5, 5.41) is 12.6. The first kappa shape index (κ1) is 19.3. The van der Waals surface area contributed by atoms with Crippen molar-refractivity contribution >= 4 is 11.9 Å². The van der Waals surface area contributed by atoms with Gasteiger partial charge < -0.3 is 19.9 Å². The Labute approximate surface area is 152 Å². The van der Waals surface area contributed by atoms with Crippen LogP contribution in [0.2, 0.25) is 0 Å². The van der Waals surface area contributed by atoms with Crippen LogP contribution in [0.25, 0.3) is 0 Å². The fourth-order valence-electron chi connectivity index (χ4n) is 2.86. The number of methoxy groups -OCH3 is 2. The van der Waals surface area contributed by atoms with Crippen LogP contribution < -0.4 is 14.8 Å². The molecule has 6 heteroatoms. The van der Waals surface area contributed by atoms with Gasteiger partial charge in [0.25, 0.3) is 5.91 Å². The van der Waals surface area contributed by atoms with Crippen molar-refractivity contribution in [3.63, 3.8) is 0 Å². The first-order chi connectivity index (χ1) is 12.5. The molecular formula is C20H23NO5. The Bertz CT molecular complexity index is 775. The third-order valence-corrected chi connectivity index (χ3v) is 4.54. The van der Waals surface area contributed by atoms with E-state index in [4.69, 9.17) is 9.47 Å². The number of carboxylic acid groups (broad SMARTS) is 1. The zero-order valence-corrected chi connectivity index (χ0v) is 15.1. The quantitative estimate of drug-likeness (QED) is 0.759. The van der Waals surface area contributed by atoms with Gasteiger partial charge in [-0.05, 0) is 30.2 Å². The number of hydrogen-bond acceptors (Lipinski definition) is 4. The average Bonchev–Trinajstić information content (AvgIpc) is 2.68. The second-order valence-electron chi connectivity index (χ2n) is 5.86. The van der Waals surface area contributed by atoms with E-state index >= 15 is 0 Å². The third kappa shape index (κ3) is 3.79. The zero-order chi connectivity index (χ0) is 19.2. The molecule has 2 rings (SSSR count). The summed E-state index contributed by atoms with van der Waals surface area (Å²) in [6, 6.07) is 13.8. The Hall–Kier alpha value is -3.02. The van der Waals surface area contributed by atoms with E-state index in [9.17, 15) is 14.7 Å². The van der Waals surface area contributed by atoms with Crippen LogP contribution in [0.1, 0.15) is 29.3 Å². The van der Waals surface area contributed by atoms with E-state index in [2.05, 4.69) is 5.32 Å². The van der Waals surface area contributed by atoms with Crippen molar-refractivity contribution in [3.05, 3.63) is 59.7 Å². The van der Waals surface area contributed by atoms with E-state index in [0.717, 1.165) is 0 Å². The van der Waals surface area contributed by atoms with Gasteiger partial charge in [-0.2, -0.15) is 0 Å². The van der Waals surface area contributed by atoms with Gasteiger partial charge in [0.1, 0.15) is 16.9 Å². The molecule has 2 N–H and O–H groups in total. The normalized spacial score (nSPS) is 12.7. The van der Waals surface area contributed by atoms with Crippen molar-refractivity contribution in [3.8, 4) is 11.5 Å². The Morgan fingerprint density at radius 3 is 2.31 bits per heavy atom. The lowest BCUT2D eigenvalue weighted by Gasteiger charge is -2.29. The summed E-state index contributed by atoms with van der Waals surface area (Å²) in [4.78, 5) is 24.7. The number of hydrogen-bond donors (Lipinski definition) is 2. The lowest BCUT2D eigenvalue weighted by Crippen LogP contribution is -2.46. The number of benzene rings is 2. The number of ether oxygens (including phenoxy) is 2. The number of carbonyl (C=O) groups excluding carboxylic acids is 1. The molecule has 26 heavy (non-hydrogen) atoms. The summed E-state index contributed by atoms with van der Waals surface area (Å²) < 4.78 is 10.4. The smallest absolute Gasteiger partial charge is 0.315 e. The lowest BCUT2D eigenvalue weighted by molar-refractivity contribution is -0.143. The molecule has 0 fully saturated rings. The Kier molecular flexibility index (Phi) is 6.22. The van der Waals surface area contributed by atoms with E-state index in [1.807, 2.05) is 6.07 Å². The number of carbonyl (C=O) groups is 2. The summed E-state index contributed by atoms with van der Waals surface area (Å²) in [5.41, 5.74) is -0.272. The molecule has 138 valence electrons. The van der Waals surface area contributed by atoms with Gasteiger partial charge >= 0.3 is 5.97 Å². The second kappa shape index (κ2) is 8.38. The number of aliphatic carboxylic acids is 1. The van der Waals surface area contributed by atoms with Crippen molar-refractivity contribution in [2.45, 2.75) is 18.8 Å². The largest absolute Gasteiger partial charge is 0.497 e. The van der Waals surface area contributed by atoms with Gasteiger partial charge in [0.15, 0.2) is 0 Å². The Morgan fingerprint density at radius 2 is 1.77 bits per heavy atom. The van der Waals surface area contributed by atoms with E-state index < -0.39 is 17.3 Å². The summed E-state index contributed by atoms with van der Waals surface area (Å²) in [6.45, 7) is 1.75. The predicted octanol–water partition coefficient (Wildman–Crippen LogP) is 2.87. The van der Waals surface area contributed by atoms with Gasteiger partial charge in [0.05, 0.1) is 19.8 Å². The summed E-state index contributed by atoms with van der Waals surface area (Å²) in [6.07, 6.45) is 0.335. The molecule has 0 aliphatic carbocycles. The van der Waals surface area contributed by atoms with E-state index in [1.54, 1.807) is 49.4 Å². The molecule has 0 aromatic heterocycles. The van der Waals surface area contributed by atoms with Gasteiger partial charge in [0.2, 0.25) is 0 Å². The molecular weight excluding hydrogens is 334 g/mol. The fraction of sp³-hybridized carbons (Fsp3) is 0.300. The second-order valence-corrected chi connectivity index (χ2v) is 5.86. The van der Waals surface area contributed by atoms with Crippen LogP contribution in [0.3, 0.4) is 0 Å². The summed E-state index contributed by atoms with van der Waals surface area (Å²) in [5.74, 6) is -0.501. The minimum absolute atomic E-state index is 0.0396. The van der Waals surface area contributed by atoms with Crippen molar-refractivity contribution in [2.24, 2.45) is 0 Å². The molecule has 1 atom stereocenters. The average molecular weight is 357 g/mol. The predicted molar refractivity (Wildman–Crippen MR) is 97.9 cm³/mol. The standard InChI is InChI=1S/C20H23NO5/c1-4-20(19(23)24,14-8-6-5-7-9-14)13-21-18(22)16-12-15(25-2)10-11-17(16)26-3/h5-12H,4,13H2,1-3H3,(H,21,22)(H,23,24). The number of carboxylic acids is 1. The maximum atomic E-state index is 12.7. The van der Waals surface area contributed by atoms with Crippen LogP contribution >= 0.6 is 0 Å². The molecule has 6 nitrogen and oxygen atoms in total. The zero-order valence-electron chi connectivity index (χ0n) is 15.1. The Balaban J connectivity index is 2.30. The highest BCUT2D eigenvalue weighted by molar-refractivity contribution is 5.98. The van der Waals surface area contributed by atoms with E-state index in [1.165, 1.54) is 14.2 Å². The third-order valence-electron chi connectivity index (χ3n) is 4.54. The molecule has 1 unspecified atom stereocenters. The first-order valence-electron chi connectivity index (χ1n) is 8.27. The first-order valence-corrected chi connectivity index (χ1v) is 8.27. The number of amides is 1. The minimum Gasteiger partial charge on any atom is -0.497 e. The van der Waals surface area contributed by atoms with Crippen LogP contribution in [0, 0.1) is 0 Å². The van der Waals surface area contributed by atoms with E-state index in [-0.39, 0.29) is 12.1 Å². The lowest BCUT2D eigenvalue weighted by atomic mass is 9.78. The van der Waals surface area contributed by atoms with E-state index in [0.29, 0.717) is 23.5 Å². The van der Waals surface area contributed by atoms with Gasteiger partial charge in [-0.15, -0.1) is 0 Å². The highest BCUT2D eigenvalue weighted by Gasteiger charge is 2.39. The fourth-order valence-corrected chi connectivity index (χ4v) is 2.86. The maximum Gasteiger partial charge on any atom is 0.315 e. The molecule has 2 aromatic rings. The van der Waals surface area contributed by atoms with Gasteiger partial charge in [-0.1, -0.05) is 37.3 Å². The van der Waals surface area contributed by atoms with Gasteiger partial charge in [-0.3, -0.25) is 9.59 Å². The SMILES string of the molecule is CCC(CNC(=O)c1cc(OC)ccc1OC)(C(=O)O)c1ccccc1. The van der Waals surface area contributed by atoms with Gasteiger partial charge in [-0.25, -0.2) is 0 Å². The molecule has 0 aliphatic heterocycles. The number of nitrogens with one attached hydrogen (secondary N) is 1. The van der Waals surface area contributed by atoms with Crippen LogP contribution in [0.4, 0.5) is 0 Å². The minimum atomic E-state index is -1.21. The molecule has 0 spiro atoms. The van der Waals surface area contributed by atoms with Crippen molar-refractivity contribution in [2.75, 3.05) is 20.8 Å². The molecule has 0 heterocycles. The van der Waals surface area contributed by atoms with Crippen LogP contribution in [-0.4, -0.2) is 37.7 Å².